The zero-order chi connectivity index (χ0) is 28.6. The Bertz CT molecular complexity index is 1620. The van der Waals surface area contributed by atoms with E-state index in [1.807, 2.05) is 60.8 Å². The molecule has 1 spiro atoms. The highest BCUT2D eigenvalue weighted by Crippen LogP contribution is 2.49. The van der Waals surface area contributed by atoms with Crippen LogP contribution in [0.4, 0.5) is 5.69 Å². The molecule has 0 bridgehead atoms. The number of ether oxygens (including phenoxy) is 2. The summed E-state index contributed by atoms with van der Waals surface area (Å²) >= 11 is 14.5. The van der Waals surface area contributed by atoms with Gasteiger partial charge in [0.1, 0.15) is 5.75 Å². The largest absolute Gasteiger partial charge is 0.494 e. The van der Waals surface area contributed by atoms with Crippen LogP contribution in [0.5, 0.6) is 5.75 Å². The molecule has 2 atom stereocenters. The molecule has 1 aromatic heterocycles. The van der Waals surface area contributed by atoms with Gasteiger partial charge in [-0.2, -0.15) is 0 Å². The fourth-order valence-corrected chi connectivity index (χ4v) is 6.43. The van der Waals surface area contributed by atoms with Gasteiger partial charge in [-0.25, -0.2) is 9.98 Å². The topological polar surface area (TPSA) is 84.3 Å². The van der Waals surface area contributed by atoms with Crippen molar-refractivity contribution in [2.75, 3.05) is 18.1 Å². The van der Waals surface area contributed by atoms with Crippen LogP contribution < -0.4 is 9.64 Å². The average Bonchev–Trinajstić information content (AvgIpc) is 3.55. The third-order valence-electron chi connectivity index (χ3n) is 7.23. The number of benzene rings is 3. The van der Waals surface area contributed by atoms with Crippen molar-refractivity contribution in [3.8, 4) is 5.75 Å². The standard InChI is InChI=1S/C31H27Cl2N3O4S/c1-19-34-23(18-41-19)17-36-27-6-3-2-5-21(27)16-31(30(36)38)28(25-12-9-22(32)15-26(25)33)40-29(35-31)20-7-10-24(11-8-20)39-14-4-13-37/h2-3,5-12,15,18,28,37H,4,13-14,16-17H2,1H3/t28-,31-/m1/s1. The molecule has 0 saturated carbocycles. The molecule has 4 aromatic rings. The number of rotatable bonds is 8. The number of amides is 1. The van der Waals surface area contributed by atoms with Crippen LogP contribution in [0.3, 0.4) is 0 Å². The predicted molar refractivity (Wildman–Crippen MR) is 161 cm³/mol. The second kappa shape index (κ2) is 11.4. The van der Waals surface area contributed by atoms with Gasteiger partial charge in [-0.15, -0.1) is 11.3 Å². The molecule has 3 aromatic carbocycles. The van der Waals surface area contributed by atoms with Crippen molar-refractivity contribution < 1.29 is 19.4 Å². The summed E-state index contributed by atoms with van der Waals surface area (Å²) in [5, 5.41) is 12.8. The first kappa shape index (κ1) is 27.7. The number of aliphatic hydroxyl groups is 1. The number of hydrogen-bond donors (Lipinski definition) is 1. The lowest BCUT2D eigenvalue weighted by Gasteiger charge is -2.40. The Balaban J connectivity index is 1.45. The van der Waals surface area contributed by atoms with Gasteiger partial charge in [-0.05, 0) is 55.0 Å². The van der Waals surface area contributed by atoms with Crippen molar-refractivity contribution in [1.82, 2.24) is 4.98 Å². The minimum absolute atomic E-state index is 0.0652. The molecule has 7 nitrogen and oxygen atoms in total. The van der Waals surface area contributed by atoms with E-state index >= 15 is 0 Å². The van der Waals surface area contributed by atoms with Crippen LogP contribution in [0.2, 0.25) is 10.0 Å². The van der Waals surface area contributed by atoms with E-state index in [1.54, 1.807) is 34.4 Å². The number of aliphatic imine (C=N–C) groups is 1. The van der Waals surface area contributed by atoms with Crippen molar-refractivity contribution >= 4 is 52.0 Å². The summed E-state index contributed by atoms with van der Waals surface area (Å²) in [6.45, 7) is 2.74. The van der Waals surface area contributed by atoms with E-state index in [4.69, 9.17) is 42.8 Å². The predicted octanol–water partition coefficient (Wildman–Crippen LogP) is 6.57. The first-order chi connectivity index (χ1) is 19.9. The van der Waals surface area contributed by atoms with E-state index in [2.05, 4.69) is 4.98 Å². The third-order valence-corrected chi connectivity index (χ3v) is 8.61. The van der Waals surface area contributed by atoms with E-state index < -0.39 is 11.6 Å². The number of para-hydroxylation sites is 1. The van der Waals surface area contributed by atoms with Crippen LogP contribution in [0.1, 0.15) is 39.9 Å². The minimum atomic E-state index is -1.30. The van der Waals surface area contributed by atoms with E-state index in [0.717, 1.165) is 22.0 Å². The maximum absolute atomic E-state index is 14.7. The second-order valence-corrected chi connectivity index (χ2v) is 11.9. The van der Waals surface area contributed by atoms with Gasteiger partial charge in [-0.1, -0.05) is 47.5 Å². The Hall–Kier alpha value is -3.43. The van der Waals surface area contributed by atoms with Crippen LogP contribution in [0.25, 0.3) is 0 Å². The van der Waals surface area contributed by atoms with Crippen molar-refractivity contribution in [2.45, 2.75) is 38.0 Å². The minimum Gasteiger partial charge on any atom is -0.494 e. The molecule has 210 valence electrons. The zero-order valence-corrected chi connectivity index (χ0v) is 24.5. The molecule has 0 unspecified atom stereocenters. The van der Waals surface area contributed by atoms with E-state index in [1.165, 1.54) is 0 Å². The number of nitrogens with zero attached hydrogens (tertiary/aromatic N) is 3. The van der Waals surface area contributed by atoms with Crippen molar-refractivity contribution in [3.05, 3.63) is 110 Å². The number of halogens is 2. The number of aliphatic hydroxyl groups excluding tert-OH is 1. The van der Waals surface area contributed by atoms with Gasteiger partial charge in [0.05, 0.1) is 23.9 Å². The van der Waals surface area contributed by atoms with Crippen LogP contribution in [0.15, 0.2) is 77.1 Å². The summed E-state index contributed by atoms with van der Waals surface area (Å²) in [6.07, 6.45) is 0.0946. The van der Waals surface area contributed by atoms with Gasteiger partial charge in [-0.3, -0.25) is 4.79 Å². The molecule has 0 fully saturated rings. The van der Waals surface area contributed by atoms with Crippen molar-refractivity contribution in [2.24, 2.45) is 4.99 Å². The molecule has 0 saturated heterocycles. The highest BCUT2D eigenvalue weighted by molar-refractivity contribution is 7.09. The molecule has 6 rings (SSSR count). The number of aromatic nitrogens is 1. The lowest BCUT2D eigenvalue weighted by atomic mass is 9.78. The quantitative estimate of drug-likeness (QED) is 0.229. The molecule has 2 aliphatic heterocycles. The number of carbonyl (C=O) groups is 1. The number of thiazole rings is 1. The molecule has 1 amide bonds. The molecule has 41 heavy (non-hydrogen) atoms. The highest BCUT2D eigenvalue weighted by atomic mass is 35.5. The SMILES string of the molecule is Cc1nc(CN2C(=O)[C@]3(Cc4ccccc42)N=C(c2ccc(OCCCO)cc2)O[C@@H]3c2ccc(Cl)cc2Cl)cs1. The van der Waals surface area contributed by atoms with Crippen LogP contribution in [-0.2, 0) is 22.5 Å². The van der Waals surface area contributed by atoms with Crippen molar-refractivity contribution in [3.63, 3.8) is 0 Å². The summed E-state index contributed by atoms with van der Waals surface area (Å²) in [6, 6.07) is 20.4. The van der Waals surface area contributed by atoms with Gasteiger partial charge in [0.25, 0.3) is 5.91 Å². The Kier molecular flexibility index (Phi) is 7.74. The molecule has 1 N–H and O–H groups in total. The smallest absolute Gasteiger partial charge is 0.260 e. The molecule has 10 heteroatoms. The molecule has 0 aliphatic carbocycles. The number of fused-ring (bicyclic) bond motifs is 1. The molecule has 2 aliphatic rings. The Morgan fingerprint density at radius 1 is 1.15 bits per heavy atom. The average molecular weight is 609 g/mol. The van der Waals surface area contributed by atoms with Crippen LogP contribution >= 0.6 is 34.5 Å². The maximum Gasteiger partial charge on any atom is 0.260 e. The van der Waals surface area contributed by atoms with Crippen LogP contribution in [-0.4, -0.2) is 40.6 Å². The molecule has 3 heterocycles. The van der Waals surface area contributed by atoms with Gasteiger partial charge in [0, 0.05) is 51.7 Å². The second-order valence-electron chi connectivity index (χ2n) is 10.0. The fourth-order valence-electron chi connectivity index (χ4n) is 5.32. The highest BCUT2D eigenvalue weighted by Gasteiger charge is 2.58. The summed E-state index contributed by atoms with van der Waals surface area (Å²) in [5.74, 6) is 0.831. The lowest BCUT2D eigenvalue weighted by molar-refractivity contribution is -0.127. The fraction of sp³-hybridized carbons (Fsp3) is 0.258. The van der Waals surface area contributed by atoms with E-state index in [0.29, 0.717) is 58.8 Å². The van der Waals surface area contributed by atoms with Gasteiger partial charge in [0.2, 0.25) is 5.90 Å². The first-order valence-corrected chi connectivity index (χ1v) is 14.9. The number of carbonyl (C=O) groups excluding carboxylic acids is 1. The Labute approximate surface area is 252 Å². The zero-order valence-electron chi connectivity index (χ0n) is 22.2. The molecular formula is C31H27Cl2N3O4S. The first-order valence-electron chi connectivity index (χ1n) is 13.2. The Morgan fingerprint density at radius 2 is 1.95 bits per heavy atom. The van der Waals surface area contributed by atoms with Crippen LogP contribution in [0, 0.1) is 6.92 Å². The monoisotopic (exact) mass is 607 g/mol. The number of hydrogen-bond acceptors (Lipinski definition) is 7. The third kappa shape index (κ3) is 5.33. The number of aryl methyl sites for hydroxylation is 1. The van der Waals surface area contributed by atoms with E-state index in [-0.39, 0.29) is 12.5 Å². The molecule has 0 radical (unpaired) electrons. The lowest BCUT2D eigenvalue weighted by Crippen LogP contribution is -2.55. The maximum atomic E-state index is 14.7. The van der Waals surface area contributed by atoms with E-state index in [9.17, 15) is 4.79 Å². The van der Waals surface area contributed by atoms with Gasteiger partial charge in [0.15, 0.2) is 11.6 Å². The normalized spacial score (nSPS) is 19.7. The number of anilines is 1. The van der Waals surface area contributed by atoms with Gasteiger partial charge < -0.3 is 19.5 Å². The summed E-state index contributed by atoms with van der Waals surface area (Å²) < 4.78 is 12.2. The summed E-state index contributed by atoms with van der Waals surface area (Å²) in [5.41, 5.74) is 2.67. The Morgan fingerprint density at radius 3 is 2.68 bits per heavy atom. The summed E-state index contributed by atoms with van der Waals surface area (Å²) in [4.78, 5) is 26.1. The van der Waals surface area contributed by atoms with Crippen molar-refractivity contribution in [1.29, 1.82) is 0 Å². The molecular weight excluding hydrogens is 581 g/mol. The van der Waals surface area contributed by atoms with Gasteiger partial charge >= 0.3 is 0 Å². The summed E-state index contributed by atoms with van der Waals surface area (Å²) in [7, 11) is 0.